The van der Waals surface area contributed by atoms with Crippen LogP contribution >= 0.6 is 11.6 Å². The zero-order valence-corrected chi connectivity index (χ0v) is 11.3. The summed E-state index contributed by atoms with van der Waals surface area (Å²) in [5.41, 5.74) is 0.609. The van der Waals surface area contributed by atoms with Crippen LogP contribution in [-0.4, -0.2) is 15.5 Å². The summed E-state index contributed by atoms with van der Waals surface area (Å²) in [7, 11) is -2.05. The van der Waals surface area contributed by atoms with E-state index in [1.165, 1.54) is 23.5 Å². The van der Waals surface area contributed by atoms with E-state index in [0.29, 0.717) is 10.7 Å². The van der Waals surface area contributed by atoms with Crippen molar-refractivity contribution in [3.63, 3.8) is 0 Å². The Morgan fingerprint density at radius 1 is 1.00 bits per heavy atom. The summed E-state index contributed by atoms with van der Waals surface area (Å²) < 4.78 is 25.9. The molecular formula is C13H12ClNO2S. The van der Waals surface area contributed by atoms with Crippen LogP contribution in [0.3, 0.4) is 0 Å². The SMILES string of the molecule is CN(c1ccccc1)S(=O)(=O)c1cccc(Cl)c1. The molecule has 0 spiro atoms. The minimum Gasteiger partial charge on any atom is -0.269 e. The van der Waals surface area contributed by atoms with E-state index < -0.39 is 10.0 Å². The zero-order valence-electron chi connectivity index (χ0n) is 9.75. The molecule has 94 valence electrons. The Kier molecular flexibility index (Phi) is 3.59. The van der Waals surface area contributed by atoms with Gasteiger partial charge in [0.05, 0.1) is 10.6 Å². The maximum atomic E-state index is 12.4. The van der Waals surface area contributed by atoms with E-state index in [2.05, 4.69) is 0 Å². The van der Waals surface area contributed by atoms with Gasteiger partial charge in [-0.2, -0.15) is 0 Å². The second-order valence-corrected chi connectivity index (χ2v) is 6.17. The average molecular weight is 282 g/mol. The predicted molar refractivity (Wildman–Crippen MR) is 73.5 cm³/mol. The molecule has 0 radical (unpaired) electrons. The first-order chi connectivity index (χ1) is 8.51. The zero-order chi connectivity index (χ0) is 13.2. The molecule has 0 atom stereocenters. The lowest BCUT2D eigenvalue weighted by Crippen LogP contribution is -2.26. The van der Waals surface area contributed by atoms with Gasteiger partial charge < -0.3 is 0 Å². The van der Waals surface area contributed by atoms with Crippen LogP contribution in [0.5, 0.6) is 0 Å². The highest BCUT2D eigenvalue weighted by Gasteiger charge is 2.21. The van der Waals surface area contributed by atoms with Gasteiger partial charge in [0.15, 0.2) is 0 Å². The molecule has 2 rings (SSSR count). The number of halogens is 1. The van der Waals surface area contributed by atoms with Crippen LogP contribution in [0.1, 0.15) is 0 Å². The molecule has 0 aliphatic heterocycles. The van der Waals surface area contributed by atoms with E-state index in [4.69, 9.17) is 11.6 Å². The molecule has 3 nitrogen and oxygen atoms in total. The Hall–Kier alpha value is -1.52. The quantitative estimate of drug-likeness (QED) is 0.867. The van der Waals surface area contributed by atoms with Crippen molar-refractivity contribution in [2.24, 2.45) is 0 Å². The van der Waals surface area contributed by atoms with E-state index in [1.54, 1.807) is 36.4 Å². The predicted octanol–water partition coefficient (Wildman–Crippen LogP) is 3.17. The molecule has 0 aliphatic carbocycles. The molecule has 0 fully saturated rings. The number of anilines is 1. The van der Waals surface area contributed by atoms with Crippen molar-refractivity contribution in [1.82, 2.24) is 0 Å². The second kappa shape index (κ2) is 5.00. The third kappa shape index (κ3) is 2.49. The Bertz CT molecular complexity index is 641. The number of rotatable bonds is 3. The van der Waals surface area contributed by atoms with Crippen molar-refractivity contribution in [3.05, 3.63) is 59.6 Å². The molecule has 18 heavy (non-hydrogen) atoms. The van der Waals surface area contributed by atoms with Crippen molar-refractivity contribution in [2.45, 2.75) is 4.90 Å². The fourth-order valence-electron chi connectivity index (χ4n) is 1.56. The topological polar surface area (TPSA) is 37.4 Å². The number of hydrogen-bond donors (Lipinski definition) is 0. The molecule has 0 saturated heterocycles. The molecule has 5 heteroatoms. The summed E-state index contributed by atoms with van der Waals surface area (Å²) in [6.07, 6.45) is 0. The van der Waals surface area contributed by atoms with Gasteiger partial charge in [0.1, 0.15) is 0 Å². The monoisotopic (exact) mass is 281 g/mol. The highest BCUT2D eigenvalue weighted by molar-refractivity contribution is 7.92. The average Bonchev–Trinajstić information content (AvgIpc) is 2.39. The van der Waals surface area contributed by atoms with Gasteiger partial charge in [0.2, 0.25) is 0 Å². The van der Waals surface area contributed by atoms with Crippen molar-refractivity contribution in [3.8, 4) is 0 Å². The summed E-state index contributed by atoms with van der Waals surface area (Å²) in [6, 6.07) is 15.1. The van der Waals surface area contributed by atoms with Gasteiger partial charge in [-0.25, -0.2) is 8.42 Å². The van der Waals surface area contributed by atoms with Gasteiger partial charge in [0.25, 0.3) is 10.0 Å². The van der Waals surface area contributed by atoms with Crippen LogP contribution in [0.2, 0.25) is 5.02 Å². The lowest BCUT2D eigenvalue weighted by atomic mass is 10.3. The van der Waals surface area contributed by atoms with E-state index in [1.807, 2.05) is 6.07 Å². The number of nitrogens with zero attached hydrogens (tertiary/aromatic N) is 1. The first-order valence-corrected chi connectivity index (χ1v) is 7.13. The molecule has 0 aliphatic rings. The van der Waals surface area contributed by atoms with Crippen molar-refractivity contribution >= 4 is 27.3 Å². The van der Waals surface area contributed by atoms with Gasteiger partial charge >= 0.3 is 0 Å². The van der Waals surface area contributed by atoms with Gasteiger partial charge in [-0.05, 0) is 30.3 Å². The lowest BCUT2D eigenvalue weighted by molar-refractivity contribution is 0.594. The van der Waals surface area contributed by atoms with Crippen LogP contribution in [0.4, 0.5) is 5.69 Å². The third-order valence-corrected chi connectivity index (χ3v) is 4.59. The fraction of sp³-hybridized carbons (Fsp3) is 0.0769. The molecule has 0 heterocycles. The molecule has 0 bridgehead atoms. The van der Waals surface area contributed by atoms with Crippen molar-refractivity contribution in [1.29, 1.82) is 0 Å². The molecule has 2 aromatic carbocycles. The molecule has 0 amide bonds. The van der Waals surface area contributed by atoms with Gasteiger partial charge in [-0.15, -0.1) is 0 Å². The first-order valence-electron chi connectivity index (χ1n) is 5.31. The molecule has 0 N–H and O–H groups in total. The molecule has 2 aromatic rings. The number of para-hydroxylation sites is 1. The van der Waals surface area contributed by atoms with Crippen LogP contribution in [-0.2, 0) is 10.0 Å². The maximum Gasteiger partial charge on any atom is 0.264 e. The summed E-state index contributed by atoms with van der Waals surface area (Å²) in [4.78, 5) is 0.182. The summed E-state index contributed by atoms with van der Waals surface area (Å²) in [5, 5.41) is 0.400. The highest BCUT2D eigenvalue weighted by Crippen LogP contribution is 2.23. The lowest BCUT2D eigenvalue weighted by Gasteiger charge is -2.19. The van der Waals surface area contributed by atoms with Crippen LogP contribution in [0.15, 0.2) is 59.5 Å². The van der Waals surface area contributed by atoms with Gasteiger partial charge in [-0.1, -0.05) is 35.9 Å². The van der Waals surface area contributed by atoms with Crippen molar-refractivity contribution < 1.29 is 8.42 Å². The fourth-order valence-corrected chi connectivity index (χ4v) is 3.06. The number of sulfonamides is 1. The first kappa shape index (κ1) is 12.9. The number of benzene rings is 2. The van der Waals surface area contributed by atoms with Crippen molar-refractivity contribution in [2.75, 3.05) is 11.4 Å². The Morgan fingerprint density at radius 2 is 1.67 bits per heavy atom. The van der Waals surface area contributed by atoms with Crippen LogP contribution in [0.25, 0.3) is 0 Å². The maximum absolute atomic E-state index is 12.4. The largest absolute Gasteiger partial charge is 0.269 e. The Labute approximate surface area is 112 Å². The molecule has 0 unspecified atom stereocenters. The second-order valence-electron chi connectivity index (χ2n) is 3.77. The highest BCUT2D eigenvalue weighted by atomic mass is 35.5. The third-order valence-electron chi connectivity index (χ3n) is 2.57. The molecule has 0 aromatic heterocycles. The molecular weight excluding hydrogens is 270 g/mol. The normalized spacial score (nSPS) is 11.2. The Balaban J connectivity index is 2.44. The smallest absolute Gasteiger partial charge is 0.264 e. The summed E-state index contributed by atoms with van der Waals surface area (Å²) in [6.45, 7) is 0. The summed E-state index contributed by atoms with van der Waals surface area (Å²) >= 11 is 5.82. The Morgan fingerprint density at radius 3 is 2.28 bits per heavy atom. The van der Waals surface area contributed by atoms with E-state index in [0.717, 1.165) is 0 Å². The van der Waals surface area contributed by atoms with Crippen LogP contribution < -0.4 is 4.31 Å². The van der Waals surface area contributed by atoms with E-state index in [9.17, 15) is 8.42 Å². The number of hydrogen-bond acceptors (Lipinski definition) is 2. The van der Waals surface area contributed by atoms with E-state index >= 15 is 0 Å². The standard InChI is InChI=1S/C13H12ClNO2S/c1-15(12-7-3-2-4-8-12)18(16,17)13-9-5-6-11(14)10-13/h2-10H,1H3. The van der Waals surface area contributed by atoms with Gasteiger partial charge in [0, 0.05) is 12.1 Å². The van der Waals surface area contributed by atoms with Crippen LogP contribution in [0, 0.1) is 0 Å². The van der Waals surface area contributed by atoms with Gasteiger partial charge in [-0.3, -0.25) is 4.31 Å². The molecule has 0 saturated carbocycles. The van der Waals surface area contributed by atoms with E-state index in [-0.39, 0.29) is 4.90 Å². The minimum atomic E-state index is -3.57. The minimum absolute atomic E-state index is 0.182. The summed E-state index contributed by atoms with van der Waals surface area (Å²) in [5.74, 6) is 0.